The summed E-state index contributed by atoms with van der Waals surface area (Å²) in [5.74, 6) is 1.03. The molecular weight excluding hydrogens is 432 g/mol. The molecule has 0 bridgehead atoms. The standard InChI is InChI=1S/C18H16N4O4S3/c1-10-20-21-17(28-10)19-15(23)3-2-6-22-16(24)14(29-18(22)27)8-11-4-5-12-13(7-11)26-9-25-12/h4-5,7-8H,2-3,6,9H2,1H3,(H,19,21,23)/b14-8-. The number of nitrogens with one attached hydrogen (secondary N) is 1. The van der Waals surface area contributed by atoms with Crippen molar-refractivity contribution >= 4 is 62.7 Å². The molecule has 11 heteroatoms. The zero-order valence-corrected chi connectivity index (χ0v) is 17.8. The minimum atomic E-state index is -0.164. The van der Waals surface area contributed by atoms with Crippen LogP contribution in [0.5, 0.6) is 11.5 Å². The van der Waals surface area contributed by atoms with E-state index in [2.05, 4.69) is 15.5 Å². The van der Waals surface area contributed by atoms with Crippen molar-refractivity contribution in [2.45, 2.75) is 19.8 Å². The summed E-state index contributed by atoms with van der Waals surface area (Å²) in [5.41, 5.74) is 0.835. The fraction of sp³-hybridized carbons (Fsp3) is 0.278. The lowest BCUT2D eigenvalue weighted by atomic mass is 10.2. The van der Waals surface area contributed by atoms with Crippen LogP contribution in [0.4, 0.5) is 5.13 Å². The number of carbonyl (C=O) groups excluding carboxylic acids is 2. The van der Waals surface area contributed by atoms with E-state index in [1.165, 1.54) is 28.0 Å². The van der Waals surface area contributed by atoms with Crippen LogP contribution in [0.3, 0.4) is 0 Å². The molecule has 0 aliphatic carbocycles. The van der Waals surface area contributed by atoms with E-state index >= 15 is 0 Å². The molecule has 0 spiro atoms. The van der Waals surface area contributed by atoms with Gasteiger partial charge in [-0.1, -0.05) is 41.4 Å². The lowest BCUT2D eigenvalue weighted by Crippen LogP contribution is -2.29. The van der Waals surface area contributed by atoms with Crippen molar-refractivity contribution in [3.8, 4) is 11.5 Å². The molecule has 2 amide bonds. The summed E-state index contributed by atoms with van der Waals surface area (Å²) in [7, 11) is 0. The van der Waals surface area contributed by atoms with Gasteiger partial charge in [-0.25, -0.2) is 0 Å². The van der Waals surface area contributed by atoms with Crippen molar-refractivity contribution < 1.29 is 19.1 Å². The maximum Gasteiger partial charge on any atom is 0.266 e. The molecule has 1 N–H and O–H groups in total. The molecule has 1 aromatic carbocycles. The molecule has 0 saturated carbocycles. The molecule has 1 fully saturated rings. The van der Waals surface area contributed by atoms with Gasteiger partial charge >= 0.3 is 0 Å². The lowest BCUT2D eigenvalue weighted by Gasteiger charge is -2.13. The fourth-order valence-corrected chi connectivity index (χ4v) is 4.69. The SMILES string of the molecule is Cc1nnc(NC(=O)CCCN2C(=O)/C(=C/c3ccc4c(c3)OCO4)SC2=S)s1. The van der Waals surface area contributed by atoms with Crippen molar-refractivity contribution in [3.05, 3.63) is 33.7 Å². The molecular formula is C18H16N4O4S3. The predicted octanol–water partition coefficient (Wildman–Crippen LogP) is 3.20. The number of thioether (sulfide) groups is 1. The second-order valence-corrected chi connectivity index (χ2v) is 9.08. The smallest absolute Gasteiger partial charge is 0.266 e. The third kappa shape index (κ3) is 4.57. The molecule has 1 saturated heterocycles. The van der Waals surface area contributed by atoms with Crippen LogP contribution in [0.1, 0.15) is 23.4 Å². The van der Waals surface area contributed by atoms with Gasteiger partial charge in [0.25, 0.3) is 5.91 Å². The quantitative estimate of drug-likeness (QED) is 0.532. The highest BCUT2D eigenvalue weighted by Gasteiger charge is 2.31. The Balaban J connectivity index is 1.33. The largest absolute Gasteiger partial charge is 0.454 e. The summed E-state index contributed by atoms with van der Waals surface area (Å²) in [4.78, 5) is 26.8. The van der Waals surface area contributed by atoms with Gasteiger partial charge in [-0.05, 0) is 37.1 Å². The highest BCUT2D eigenvalue weighted by molar-refractivity contribution is 8.26. The monoisotopic (exact) mass is 448 g/mol. The number of ether oxygens (including phenoxy) is 2. The van der Waals surface area contributed by atoms with Crippen molar-refractivity contribution in [3.63, 3.8) is 0 Å². The summed E-state index contributed by atoms with van der Waals surface area (Å²) < 4.78 is 11.2. The highest BCUT2D eigenvalue weighted by atomic mass is 32.2. The molecule has 150 valence electrons. The molecule has 0 radical (unpaired) electrons. The first kappa shape index (κ1) is 19.8. The summed E-state index contributed by atoms with van der Waals surface area (Å²) >= 11 is 7.91. The summed E-state index contributed by atoms with van der Waals surface area (Å²) in [5, 5.41) is 11.7. The van der Waals surface area contributed by atoms with Crippen molar-refractivity contribution in [1.82, 2.24) is 15.1 Å². The van der Waals surface area contributed by atoms with Gasteiger partial charge in [0.2, 0.25) is 17.8 Å². The minimum Gasteiger partial charge on any atom is -0.454 e. The Morgan fingerprint density at radius 1 is 1.34 bits per heavy atom. The molecule has 29 heavy (non-hydrogen) atoms. The van der Waals surface area contributed by atoms with Crippen LogP contribution in [-0.4, -0.2) is 44.6 Å². The molecule has 2 aromatic rings. The third-order valence-electron chi connectivity index (χ3n) is 4.13. The van der Waals surface area contributed by atoms with E-state index in [0.29, 0.717) is 38.8 Å². The second-order valence-electron chi connectivity index (χ2n) is 6.22. The van der Waals surface area contributed by atoms with Gasteiger partial charge in [0.15, 0.2) is 11.5 Å². The average molecular weight is 449 g/mol. The molecule has 2 aliphatic heterocycles. The first-order valence-electron chi connectivity index (χ1n) is 8.74. The van der Waals surface area contributed by atoms with E-state index in [1.54, 1.807) is 6.08 Å². The average Bonchev–Trinajstić information content (AvgIpc) is 3.37. The fourth-order valence-electron chi connectivity index (χ4n) is 2.77. The van der Waals surface area contributed by atoms with Crippen LogP contribution in [0.15, 0.2) is 23.1 Å². The number of aryl methyl sites for hydroxylation is 1. The molecule has 4 rings (SSSR count). The number of thiocarbonyl (C=S) groups is 1. The summed E-state index contributed by atoms with van der Waals surface area (Å²) in [6.07, 6.45) is 2.54. The van der Waals surface area contributed by atoms with Crippen LogP contribution in [0.25, 0.3) is 6.08 Å². The van der Waals surface area contributed by atoms with E-state index in [0.717, 1.165) is 10.6 Å². The van der Waals surface area contributed by atoms with Crippen molar-refractivity contribution in [1.29, 1.82) is 0 Å². The first-order chi connectivity index (χ1) is 14.0. The number of amides is 2. The molecule has 0 atom stereocenters. The van der Waals surface area contributed by atoms with E-state index in [9.17, 15) is 9.59 Å². The number of nitrogens with zero attached hydrogens (tertiary/aromatic N) is 3. The van der Waals surface area contributed by atoms with Crippen molar-refractivity contribution in [2.24, 2.45) is 0 Å². The number of hydrogen-bond donors (Lipinski definition) is 1. The van der Waals surface area contributed by atoms with Gasteiger partial charge in [0.1, 0.15) is 9.33 Å². The minimum absolute atomic E-state index is 0.155. The number of rotatable bonds is 6. The predicted molar refractivity (Wildman–Crippen MR) is 115 cm³/mol. The Morgan fingerprint density at radius 2 is 2.17 bits per heavy atom. The van der Waals surface area contributed by atoms with Gasteiger partial charge in [0, 0.05) is 13.0 Å². The Morgan fingerprint density at radius 3 is 2.97 bits per heavy atom. The first-order valence-corrected chi connectivity index (χ1v) is 10.8. The summed E-state index contributed by atoms with van der Waals surface area (Å²) in [6, 6.07) is 5.50. The van der Waals surface area contributed by atoms with E-state index in [4.69, 9.17) is 21.7 Å². The Kier molecular flexibility index (Phi) is 5.79. The van der Waals surface area contributed by atoms with Crippen LogP contribution in [0, 0.1) is 6.92 Å². The van der Waals surface area contributed by atoms with E-state index in [1.807, 2.05) is 25.1 Å². The topological polar surface area (TPSA) is 93.7 Å². The second kappa shape index (κ2) is 8.47. The van der Waals surface area contributed by atoms with Gasteiger partial charge in [0.05, 0.1) is 4.91 Å². The van der Waals surface area contributed by atoms with Crippen LogP contribution in [-0.2, 0) is 9.59 Å². The zero-order valence-electron chi connectivity index (χ0n) is 15.3. The number of aromatic nitrogens is 2. The van der Waals surface area contributed by atoms with Crippen molar-refractivity contribution in [2.75, 3.05) is 18.7 Å². The van der Waals surface area contributed by atoms with Gasteiger partial charge in [-0.2, -0.15) is 0 Å². The number of benzene rings is 1. The molecule has 1 aromatic heterocycles. The number of hydrogen-bond acceptors (Lipinski definition) is 9. The maximum absolute atomic E-state index is 12.7. The van der Waals surface area contributed by atoms with Crippen LogP contribution < -0.4 is 14.8 Å². The number of anilines is 1. The van der Waals surface area contributed by atoms with E-state index in [-0.39, 0.29) is 25.0 Å². The Bertz CT molecular complexity index is 1020. The van der Waals surface area contributed by atoms with Gasteiger partial charge < -0.3 is 14.8 Å². The summed E-state index contributed by atoms with van der Waals surface area (Å²) in [6.45, 7) is 2.40. The van der Waals surface area contributed by atoms with E-state index < -0.39 is 0 Å². The van der Waals surface area contributed by atoms with Crippen LogP contribution in [0.2, 0.25) is 0 Å². The molecule has 3 heterocycles. The third-order valence-corrected chi connectivity index (χ3v) is 6.26. The molecule has 2 aliphatic rings. The Hall–Kier alpha value is -2.50. The highest BCUT2D eigenvalue weighted by Crippen LogP contribution is 2.36. The number of fused-ring (bicyclic) bond motifs is 1. The maximum atomic E-state index is 12.7. The van der Waals surface area contributed by atoms with Gasteiger partial charge in [-0.3, -0.25) is 14.5 Å². The normalized spacial score (nSPS) is 16.7. The number of carbonyl (C=O) groups is 2. The zero-order chi connectivity index (χ0) is 20.4. The molecule has 8 nitrogen and oxygen atoms in total. The van der Waals surface area contributed by atoms with Crippen LogP contribution >= 0.6 is 35.3 Å². The van der Waals surface area contributed by atoms with Gasteiger partial charge in [-0.15, -0.1) is 10.2 Å². The lowest BCUT2D eigenvalue weighted by molar-refractivity contribution is -0.122. The Labute approximate surface area is 180 Å². The molecule has 0 unspecified atom stereocenters.